The number of aromatic amines is 1. The number of hydrogen-bond acceptors (Lipinski definition) is 4. The van der Waals surface area contributed by atoms with Crippen LogP contribution in [0.1, 0.15) is 15.9 Å². The summed E-state index contributed by atoms with van der Waals surface area (Å²) in [6.07, 6.45) is 4.95. The molecule has 2 aromatic rings. The molecule has 3 N–H and O–H groups in total. The molecule has 0 atom stereocenters. The Morgan fingerprint density at radius 3 is 3.00 bits per heavy atom. The fraction of sp³-hybridized carbons (Fsp3) is 0.182. The van der Waals surface area contributed by atoms with E-state index in [-0.39, 0.29) is 5.91 Å². The van der Waals surface area contributed by atoms with Crippen molar-refractivity contribution in [3.63, 3.8) is 0 Å². The Morgan fingerprint density at radius 1 is 1.56 bits per heavy atom. The predicted octanol–water partition coefficient (Wildman–Crippen LogP) is 1.42. The fourth-order valence-corrected chi connectivity index (χ4v) is 1.92. The van der Waals surface area contributed by atoms with Crippen molar-refractivity contribution in [3.8, 4) is 0 Å². The molecule has 2 heterocycles. The number of halogens is 1. The molecular weight excluding hydrogens is 298 g/mol. The summed E-state index contributed by atoms with van der Waals surface area (Å²) in [5, 5.41) is 6.54. The van der Waals surface area contributed by atoms with Gasteiger partial charge in [-0.2, -0.15) is 5.10 Å². The third kappa shape index (κ3) is 2.67. The van der Waals surface area contributed by atoms with Gasteiger partial charge in [-0.25, -0.2) is 4.98 Å². The van der Waals surface area contributed by atoms with Gasteiger partial charge < -0.3 is 10.6 Å². The maximum atomic E-state index is 12.2. The molecule has 6 nitrogen and oxygen atoms in total. The molecule has 94 valence electrons. The van der Waals surface area contributed by atoms with Gasteiger partial charge in [0.25, 0.3) is 5.91 Å². The molecule has 0 aliphatic heterocycles. The van der Waals surface area contributed by atoms with E-state index in [2.05, 4.69) is 31.1 Å². The molecule has 0 aliphatic carbocycles. The molecule has 0 fully saturated rings. The van der Waals surface area contributed by atoms with Gasteiger partial charge in [0.2, 0.25) is 0 Å². The van der Waals surface area contributed by atoms with Gasteiger partial charge in [-0.3, -0.25) is 9.89 Å². The zero-order chi connectivity index (χ0) is 13.1. The molecule has 0 aromatic carbocycles. The molecule has 0 aliphatic rings. The summed E-state index contributed by atoms with van der Waals surface area (Å²) in [6.45, 7) is 0.476. The Bertz CT molecular complexity index is 555. The first-order valence-corrected chi connectivity index (χ1v) is 6.01. The number of amides is 1. The van der Waals surface area contributed by atoms with E-state index >= 15 is 0 Å². The zero-order valence-corrected chi connectivity index (χ0v) is 11.3. The summed E-state index contributed by atoms with van der Waals surface area (Å²) >= 11 is 3.29. The molecule has 2 rings (SSSR count). The number of nitrogens with one attached hydrogen (secondary N) is 1. The van der Waals surface area contributed by atoms with Crippen molar-refractivity contribution in [2.45, 2.75) is 6.54 Å². The van der Waals surface area contributed by atoms with E-state index in [0.717, 1.165) is 5.56 Å². The molecule has 1 amide bonds. The molecule has 0 spiro atoms. The standard InChI is InChI=1S/C11H12BrN5O/c1-17(6-7-3-15-16-4-7)11(18)8-2-10(13)14-5-9(8)12/h2-5H,6H2,1H3,(H2,13,14)(H,15,16). The molecular formula is C11H12BrN5O. The third-order valence-corrected chi connectivity index (χ3v) is 3.06. The highest BCUT2D eigenvalue weighted by Crippen LogP contribution is 2.19. The van der Waals surface area contributed by atoms with Gasteiger partial charge in [-0.05, 0) is 22.0 Å². The van der Waals surface area contributed by atoms with Crippen molar-refractivity contribution in [2.75, 3.05) is 12.8 Å². The van der Waals surface area contributed by atoms with Crippen LogP contribution in [0.2, 0.25) is 0 Å². The zero-order valence-electron chi connectivity index (χ0n) is 9.72. The second-order valence-corrected chi connectivity index (χ2v) is 4.71. The summed E-state index contributed by atoms with van der Waals surface area (Å²) < 4.78 is 0.626. The van der Waals surface area contributed by atoms with Crippen LogP contribution in [0.25, 0.3) is 0 Å². The monoisotopic (exact) mass is 309 g/mol. The summed E-state index contributed by atoms with van der Waals surface area (Å²) in [6, 6.07) is 1.55. The molecule has 18 heavy (non-hydrogen) atoms. The van der Waals surface area contributed by atoms with Crippen LogP contribution in [0.4, 0.5) is 5.82 Å². The summed E-state index contributed by atoms with van der Waals surface area (Å²) in [5.74, 6) is 0.190. The SMILES string of the molecule is CN(Cc1cn[nH]c1)C(=O)c1cc(N)ncc1Br. The number of rotatable bonds is 3. The molecule has 0 radical (unpaired) electrons. The minimum absolute atomic E-state index is 0.128. The van der Waals surface area contributed by atoms with Crippen molar-refractivity contribution in [1.29, 1.82) is 0 Å². The quantitative estimate of drug-likeness (QED) is 0.897. The van der Waals surface area contributed by atoms with E-state index in [0.29, 0.717) is 22.4 Å². The Morgan fingerprint density at radius 2 is 2.33 bits per heavy atom. The Hall–Kier alpha value is -1.89. The van der Waals surface area contributed by atoms with Crippen LogP contribution >= 0.6 is 15.9 Å². The maximum Gasteiger partial charge on any atom is 0.255 e. The first-order chi connectivity index (χ1) is 8.58. The average Bonchev–Trinajstić information content (AvgIpc) is 2.84. The van der Waals surface area contributed by atoms with Crippen LogP contribution in [0.5, 0.6) is 0 Å². The Kier molecular flexibility index (Phi) is 3.61. The van der Waals surface area contributed by atoms with Crippen molar-refractivity contribution < 1.29 is 4.79 Å². The number of nitrogens with two attached hydrogens (primary N) is 1. The third-order valence-electron chi connectivity index (χ3n) is 2.43. The van der Waals surface area contributed by atoms with E-state index in [1.165, 1.54) is 6.20 Å². The van der Waals surface area contributed by atoms with Crippen molar-refractivity contribution in [2.24, 2.45) is 0 Å². The number of aromatic nitrogens is 3. The predicted molar refractivity (Wildman–Crippen MR) is 70.7 cm³/mol. The molecule has 0 saturated heterocycles. The van der Waals surface area contributed by atoms with Crippen LogP contribution in [-0.4, -0.2) is 33.0 Å². The Balaban J connectivity index is 2.17. The van der Waals surface area contributed by atoms with E-state index in [1.54, 1.807) is 30.4 Å². The number of nitrogen functional groups attached to an aromatic ring is 1. The Labute approximate surface area is 112 Å². The van der Waals surface area contributed by atoms with Crippen molar-refractivity contribution in [3.05, 3.63) is 40.3 Å². The average molecular weight is 310 g/mol. The lowest BCUT2D eigenvalue weighted by molar-refractivity contribution is 0.0784. The molecule has 0 bridgehead atoms. The summed E-state index contributed by atoms with van der Waals surface area (Å²) in [5.41, 5.74) is 7.01. The number of carbonyl (C=O) groups excluding carboxylic acids is 1. The fourth-order valence-electron chi connectivity index (χ4n) is 1.53. The van der Waals surface area contributed by atoms with Gasteiger partial charge in [-0.15, -0.1) is 0 Å². The van der Waals surface area contributed by atoms with Crippen LogP contribution in [0, 0.1) is 0 Å². The van der Waals surface area contributed by atoms with Gasteiger partial charge in [0.15, 0.2) is 0 Å². The van der Waals surface area contributed by atoms with Crippen LogP contribution in [-0.2, 0) is 6.54 Å². The highest BCUT2D eigenvalue weighted by atomic mass is 79.9. The number of nitrogens with zero attached hydrogens (tertiary/aromatic N) is 3. The number of anilines is 1. The first kappa shape index (κ1) is 12.6. The second kappa shape index (κ2) is 5.18. The number of carbonyl (C=O) groups is 1. The first-order valence-electron chi connectivity index (χ1n) is 5.22. The highest BCUT2D eigenvalue weighted by Gasteiger charge is 2.16. The minimum Gasteiger partial charge on any atom is -0.384 e. The lowest BCUT2D eigenvalue weighted by Crippen LogP contribution is -2.26. The van der Waals surface area contributed by atoms with Crippen LogP contribution < -0.4 is 5.73 Å². The minimum atomic E-state index is -0.128. The van der Waals surface area contributed by atoms with Crippen molar-refractivity contribution in [1.82, 2.24) is 20.1 Å². The molecule has 0 saturated carbocycles. The summed E-state index contributed by atoms with van der Waals surface area (Å²) in [7, 11) is 1.72. The van der Waals surface area contributed by atoms with Gasteiger partial charge in [0.1, 0.15) is 5.82 Å². The summed E-state index contributed by atoms with van der Waals surface area (Å²) in [4.78, 5) is 17.7. The van der Waals surface area contributed by atoms with E-state index in [1.807, 2.05) is 0 Å². The van der Waals surface area contributed by atoms with E-state index in [9.17, 15) is 4.79 Å². The smallest absolute Gasteiger partial charge is 0.255 e. The normalized spacial score (nSPS) is 10.3. The van der Waals surface area contributed by atoms with Gasteiger partial charge >= 0.3 is 0 Å². The molecule has 2 aromatic heterocycles. The maximum absolute atomic E-state index is 12.2. The lowest BCUT2D eigenvalue weighted by atomic mass is 10.2. The van der Waals surface area contributed by atoms with Crippen molar-refractivity contribution >= 4 is 27.7 Å². The van der Waals surface area contributed by atoms with Gasteiger partial charge in [0.05, 0.1) is 11.8 Å². The van der Waals surface area contributed by atoms with Gasteiger partial charge in [0, 0.05) is 36.0 Å². The highest BCUT2D eigenvalue weighted by molar-refractivity contribution is 9.10. The topological polar surface area (TPSA) is 87.9 Å². The number of H-pyrrole nitrogens is 1. The van der Waals surface area contributed by atoms with Crippen LogP contribution in [0.15, 0.2) is 29.1 Å². The largest absolute Gasteiger partial charge is 0.384 e. The van der Waals surface area contributed by atoms with Crippen LogP contribution in [0.3, 0.4) is 0 Å². The molecule has 0 unspecified atom stereocenters. The van der Waals surface area contributed by atoms with E-state index in [4.69, 9.17) is 5.73 Å². The number of hydrogen-bond donors (Lipinski definition) is 2. The number of pyridine rings is 1. The van der Waals surface area contributed by atoms with Gasteiger partial charge in [-0.1, -0.05) is 0 Å². The van der Waals surface area contributed by atoms with E-state index < -0.39 is 0 Å². The lowest BCUT2D eigenvalue weighted by Gasteiger charge is -2.17. The second-order valence-electron chi connectivity index (χ2n) is 3.86. The molecule has 7 heteroatoms.